The maximum atomic E-state index is 12.5. The minimum absolute atomic E-state index is 0.0102. The molecule has 0 bridgehead atoms. The van der Waals surface area contributed by atoms with E-state index in [0.717, 1.165) is 0 Å². The molecule has 1 amide bonds. The molecule has 0 spiro atoms. The van der Waals surface area contributed by atoms with Gasteiger partial charge in [-0.15, -0.1) is 5.54 Å². The summed E-state index contributed by atoms with van der Waals surface area (Å²) < 4.78 is 1.96. The third kappa shape index (κ3) is 3.49. The minimum atomic E-state index is -1.99. The Hall–Kier alpha value is -0.866. The highest BCUT2D eigenvalue weighted by Crippen LogP contribution is 2.44. The van der Waals surface area contributed by atoms with E-state index in [2.05, 4.69) is 65.0 Å². The molecule has 2 atom stereocenters. The normalized spacial score (nSPS) is 23.3. The van der Waals surface area contributed by atoms with Crippen LogP contribution in [0.3, 0.4) is 0 Å². The standard InChI is InChI=1S/C16H29NO2Si2/c1-12(18)14-13(10-11-20(5,6)7)17(15(14)19)21(8,9)16(2,3)4/h13-14H,1-9H3/t13-,14-/m1/s1. The minimum Gasteiger partial charge on any atom is -0.354 e. The van der Waals surface area contributed by atoms with E-state index in [4.69, 9.17) is 0 Å². The Balaban J connectivity index is 3.22. The number of amides is 1. The molecule has 1 aliphatic heterocycles. The first-order valence-electron chi connectivity index (χ1n) is 7.56. The Bertz CT molecular complexity index is 515. The third-order valence-electron chi connectivity index (χ3n) is 4.57. The number of Topliss-reactive ketones (excluding diaryl/α,β-unsaturated/α-hetero) is 1. The number of nitrogens with zero attached hydrogens (tertiary/aromatic N) is 1. The summed E-state index contributed by atoms with van der Waals surface area (Å²) in [6, 6.07) is -0.206. The van der Waals surface area contributed by atoms with Crippen molar-refractivity contribution in [1.29, 1.82) is 0 Å². The van der Waals surface area contributed by atoms with Crippen molar-refractivity contribution in [3.05, 3.63) is 0 Å². The Labute approximate surface area is 131 Å². The molecule has 5 heteroatoms. The van der Waals surface area contributed by atoms with Gasteiger partial charge in [0.2, 0.25) is 5.91 Å². The molecule has 1 fully saturated rings. The molecule has 21 heavy (non-hydrogen) atoms. The molecule has 0 aromatic heterocycles. The van der Waals surface area contributed by atoms with E-state index in [9.17, 15) is 9.59 Å². The van der Waals surface area contributed by atoms with Crippen molar-refractivity contribution in [1.82, 2.24) is 4.57 Å². The number of carbonyl (C=O) groups excluding carboxylic acids is 2. The largest absolute Gasteiger partial charge is 0.354 e. The van der Waals surface area contributed by atoms with Gasteiger partial charge < -0.3 is 4.57 Å². The van der Waals surface area contributed by atoms with Gasteiger partial charge in [0.1, 0.15) is 25.8 Å². The van der Waals surface area contributed by atoms with Crippen LogP contribution in [0.25, 0.3) is 0 Å². The van der Waals surface area contributed by atoms with E-state index in [-0.39, 0.29) is 22.8 Å². The molecule has 1 saturated heterocycles. The average Bonchev–Trinajstić information content (AvgIpc) is 2.19. The van der Waals surface area contributed by atoms with Crippen LogP contribution in [0.1, 0.15) is 27.7 Å². The van der Waals surface area contributed by atoms with E-state index in [1.807, 2.05) is 4.57 Å². The Morgan fingerprint density at radius 2 is 1.62 bits per heavy atom. The average molecular weight is 324 g/mol. The van der Waals surface area contributed by atoms with Crippen LogP contribution < -0.4 is 0 Å². The predicted octanol–water partition coefficient (Wildman–Crippen LogP) is 3.29. The molecule has 1 aliphatic rings. The third-order valence-corrected chi connectivity index (χ3v) is 10.8. The molecular formula is C16H29NO2Si2. The highest BCUT2D eigenvalue weighted by molar-refractivity contribution is 6.84. The predicted molar refractivity (Wildman–Crippen MR) is 93.1 cm³/mol. The quantitative estimate of drug-likeness (QED) is 0.338. The van der Waals surface area contributed by atoms with Crippen LogP contribution in [0.2, 0.25) is 37.8 Å². The van der Waals surface area contributed by atoms with Crippen LogP contribution in [-0.2, 0) is 9.59 Å². The maximum absolute atomic E-state index is 12.5. The maximum Gasteiger partial charge on any atom is 0.229 e. The van der Waals surface area contributed by atoms with E-state index >= 15 is 0 Å². The number of ketones is 1. The number of carbonyl (C=O) groups is 2. The van der Waals surface area contributed by atoms with E-state index in [0.29, 0.717) is 0 Å². The Morgan fingerprint density at radius 1 is 1.14 bits per heavy atom. The van der Waals surface area contributed by atoms with Gasteiger partial charge in [-0.25, -0.2) is 0 Å². The Morgan fingerprint density at radius 3 is 1.95 bits per heavy atom. The van der Waals surface area contributed by atoms with Crippen LogP contribution in [0, 0.1) is 17.4 Å². The molecule has 1 rings (SSSR count). The lowest BCUT2D eigenvalue weighted by molar-refractivity contribution is -0.150. The van der Waals surface area contributed by atoms with Crippen molar-refractivity contribution in [2.75, 3.05) is 0 Å². The summed E-state index contributed by atoms with van der Waals surface area (Å²) in [5.74, 6) is 2.68. The SMILES string of the molecule is CC(=O)[C@H]1C(=O)N([Si](C)(C)C(C)(C)C)[C@@H]1C#C[Si](C)(C)C. The van der Waals surface area contributed by atoms with Crippen molar-refractivity contribution >= 4 is 28.0 Å². The second kappa shape index (κ2) is 5.40. The summed E-state index contributed by atoms with van der Waals surface area (Å²) >= 11 is 0. The van der Waals surface area contributed by atoms with Gasteiger partial charge >= 0.3 is 0 Å². The topological polar surface area (TPSA) is 37.4 Å². The zero-order valence-electron chi connectivity index (χ0n) is 14.9. The molecule has 0 aromatic carbocycles. The lowest BCUT2D eigenvalue weighted by atomic mass is 9.88. The van der Waals surface area contributed by atoms with Gasteiger partial charge in [0.05, 0.1) is 0 Å². The van der Waals surface area contributed by atoms with Gasteiger partial charge in [-0.05, 0) is 12.0 Å². The number of hydrogen-bond acceptors (Lipinski definition) is 2. The molecule has 0 N–H and O–H groups in total. The van der Waals surface area contributed by atoms with Crippen molar-refractivity contribution in [2.45, 2.75) is 71.5 Å². The van der Waals surface area contributed by atoms with Crippen molar-refractivity contribution in [2.24, 2.45) is 5.92 Å². The summed E-state index contributed by atoms with van der Waals surface area (Å²) in [6.07, 6.45) is 0. The molecule has 0 radical (unpaired) electrons. The van der Waals surface area contributed by atoms with Crippen molar-refractivity contribution in [3.8, 4) is 11.5 Å². The number of rotatable bonds is 2. The smallest absolute Gasteiger partial charge is 0.229 e. The zero-order valence-corrected chi connectivity index (χ0v) is 16.9. The summed E-state index contributed by atoms with van der Waals surface area (Å²) in [5, 5.41) is 0.0590. The first-order valence-corrected chi connectivity index (χ1v) is 14.0. The monoisotopic (exact) mass is 323 g/mol. The molecular weight excluding hydrogens is 294 g/mol. The highest BCUT2D eigenvalue weighted by Gasteiger charge is 2.58. The van der Waals surface area contributed by atoms with Crippen LogP contribution in [0.5, 0.6) is 0 Å². The number of hydrogen-bond donors (Lipinski definition) is 0. The van der Waals surface area contributed by atoms with Gasteiger partial charge in [-0.1, -0.05) is 59.4 Å². The lowest BCUT2D eigenvalue weighted by Crippen LogP contribution is -2.73. The van der Waals surface area contributed by atoms with Crippen molar-refractivity contribution < 1.29 is 9.59 Å². The molecule has 0 aliphatic carbocycles. The van der Waals surface area contributed by atoms with Crippen LogP contribution in [0.15, 0.2) is 0 Å². The highest BCUT2D eigenvalue weighted by atomic mass is 28.3. The van der Waals surface area contributed by atoms with Crippen molar-refractivity contribution in [3.63, 3.8) is 0 Å². The molecule has 0 aromatic rings. The van der Waals surface area contributed by atoms with Crippen LogP contribution in [0.4, 0.5) is 0 Å². The Kier molecular flexibility index (Phi) is 4.68. The summed E-state index contributed by atoms with van der Waals surface area (Å²) in [5.41, 5.74) is 3.35. The molecule has 118 valence electrons. The summed E-state index contributed by atoms with van der Waals surface area (Å²) in [4.78, 5) is 24.3. The second-order valence-electron chi connectivity index (χ2n) is 8.57. The van der Waals surface area contributed by atoms with Crippen LogP contribution >= 0.6 is 0 Å². The van der Waals surface area contributed by atoms with Gasteiger partial charge in [-0.2, -0.15) is 0 Å². The van der Waals surface area contributed by atoms with Crippen LogP contribution in [-0.4, -0.2) is 38.6 Å². The molecule has 0 saturated carbocycles. The fourth-order valence-corrected chi connectivity index (χ4v) is 5.21. The first kappa shape index (κ1) is 18.2. The molecule has 1 heterocycles. The van der Waals surface area contributed by atoms with E-state index < -0.39 is 22.2 Å². The van der Waals surface area contributed by atoms with E-state index in [1.54, 1.807) is 0 Å². The number of β-lactam (4-membered cyclic amide) rings is 1. The summed E-state index contributed by atoms with van der Waals surface area (Å²) in [6.45, 7) is 19.0. The first-order chi connectivity index (χ1) is 9.20. The second-order valence-corrected chi connectivity index (χ2v) is 18.4. The van der Waals surface area contributed by atoms with Gasteiger partial charge in [0.25, 0.3) is 0 Å². The molecule has 3 nitrogen and oxygen atoms in total. The fourth-order valence-electron chi connectivity index (χ4n) is 2.31. The van der Waals surface area contributed by atoms with Gasteiger partial charge in [0, 0.05) is 0 Å². The van der Waals surface area contributed by atoms with Gasteiger partial charge in [0.15, 0.2) is 8.24 Å². The lowest BCUT2D eigenvalue weighted by Gasteiger charge is -2.56. The molecule has 0 unspecified atom stereocenters. The fraction of sp³-hybridized carbons (Fsp3) is 0.750. The van der Waals surface area contributed by atoms with E-state index in [1.165, 1.54) is 6.92 Å². The summed E-state index contributed by atoms with van der Waals surface area (Å²) in [7, 11) is -3.51. The zero-order chi connectivity index (χ0) is 16.8. The van der Waals surface area contributed by atoms with Gasteiger partial charge in [-0.3, -0.25) is 9.59 Å².